The second kappa shape index (κ2) is 8.35. The summed E-state index contributed by atoms with van der Waals surface area (Å²) < 4.78 is 13.4. The average molecular weight is 377 g/mol. The molecule has 1 aromatic carbocycles. The molecule has 1 saturated carbocycles. The number of hydrogen-bond donors (Lipinski definition) is 2. The van der Waals surface area contributed by atoms with E-state index in [4.69, 9.17) is 0 Å². The molecule has 5 heteroatoms. The van der Waals surface area contributed by atoms with Crippen molar-refractivity contribution >= 4 is 29.9 Å². The Morgan fingerprint density at radius 2 is 2.05 bits per heavy atom. The summed E-state index contributed by atoms with van der Waals surface area (Å²) in [7, 11) is 0. The van der Waals surface area contributed by atoms with Crippen LogP contribution in [0.15, 0.2) is 29.3 Å². The first-order chi connectivity index (χ1) is 8.79. The Morgan fingerprint density at radius 1 is 1.32 bits per heavy atom. The maximum absolute atomic E-state index is 13.4. The minimum absolute atomic E-state index is 0. The van der Waals surface area contributed by atoms with Gasteiger partial charge in [-0.2, -0.15) is 0 Å². The highest BCUT2D eigenvalue weighted by Gasteiger charge is 2.20. The van der Waals surface area contributed by atoms with Gasteiger partial charge in [-0.05, 0) is 31.7 Å². The quantitative estimate of drug-likeness (QED) is 0.470. The van der Waals surface area contributed by atoms with Crippen molar-refractivity contribution in [2.75, 3.05) is 13.1 Å². The molecule has 0 aliphatic heterocycles. The van der Waals surface area contributed by atoms with Crippen LogP contribution < -0.4 is 10.6 Å². The van der Waals surface area contributed by atoms with E-state index in [2.05, 4.69) is 15.6 Å². The average Bonchev–Trinajstić information content (AvgIpc) is 3.18. The smallest absolute Gasteiger partial charge is 0.191 e. The molecule has 1 aromatic rings. The zero-order valence-corrected chi connectivity index (χ0v) is 13.5. The van der Waals surface area contributed by atoms with E-state index in [0.717, 1.165) is 25.0 Å². The van der Waals surface area contributed by atoms with Gasteiger partial charge in [-0.15, -0.1) is 24.0 Å². The molecule has 0 radical (unpaired) electrons. The lowest BCUT2D eigenvalue weighted by molar-refractivity contribution is 0.610. The number of halogens is 2. The predicted molar refractivity (Wildman–Crippen MR) is 87.4 cm³/mol. The Balaban J connectivity index is 0.00000180. The van der Waals surface area contributed by atoms with Gasteiger partial charge in [0.05, 0.1) is 6.54 Å². The summed E-state index contributed by atoms with van der Waals surface area (Å²) in [6.45, 7) is 4.17. The lowest BCUT2D eigenvalue weighted by Crippen LogP contribution is -2.38. The Hall–Kier alpha value is -0.850. The monoisotopic (exact) mass is 377 g/mol. The standard InChI is InChI=1S/C14H20FN3.HI/c1-2-16-14(17-9-11-7-8-11)18-10-12-5-3-4-6-13(12)15;/h3-6,11H,2,7-10H2,1H3,(H2,16,17,18);1H. The van der Waals surface area contributed by atoms with Gasteiger partial charge < -0.3 is 10.6 Å². The largest absolute Gasteiger partial charge is 0.357 e. The van der Waals surface area contributed by atoms with Crippen molar-refractivity contribution in [1.29, 1.82) is 0 Å². The van der Waals surface area contributed by atoms with E-state index < -0.39 is 0 Å². The topological polar surface area (TPSA) is 36.4 Å². The first-order valence-electron chi connectivity index (χ1n) is 6.55. The molecule has 0 atom stereocenters. The fraction of sp³-hybridized carbons (Fsp3) is 0.500. The third-order valence-electron chi connectivity index (χ3n) is 2.96. The molecule has 0 amide bonds. The number of guanidine groups is 1. The predicted octanol–water partition coefficient (Wildman–Crippen LogP) is 2.91. The highest BCUT2D eigenvalue weighted by atomic mass is 127. The minimum atomic E-state index is -0.195. The molecule has 1 aliphatic rings. The van der Waals surface area contributed by atoms with Crippen LogP contribution in [0.2, 0.25) is 0 Å². The Labute approximate surface area is 131 Å². The summed E-state index contributed by atoms with van der Waals surface area (Å²) in [6.07, 6.45) is 2.61. The van der Waals surface area contributed by atoms with Gasteiger partial charge in [-0.3, -0.25) is 0 Å². The first-order valence-corrected chi connectivity index (χ1v) is 6.55. The summed E-state index contributed by atoms with van der Waals surface area (Å²) in [5.41, 5.74) is 0.626. The van der Waals surface area contributed by atoms with Crippen molar-refractivity contribution in [3.8, 4) is 0 Å². The van der Waals surface area contributed by atoms with Crippen LogP contribution in [-0.2, 0) is 6.54 Å². The fourth-order valence-electron chi connectivity index (χ4n) is 1.70. The number of benzene rings is 1. The molecule has 0 unspecified atom stereocenters. The molecule has 0 aromatic heterocycles. The van der Waals surface area contributed by atoms with Gasteiger partial charge in [-0.25, -0.2) is 9.38 Å². The van der Waals surface area contributed by atoms with E-state index in [1.165, 1.54) is 18.9 Å². The van der Waals surface area contributed by atoms with Gasteiger partial charge >= 0.3 is 0 Å². The van der Waals surface area contributed by atoms with Crippen molar-refractivity contribution in [1.82, 2.24) is 10.6 Å². The van der Waals surface area contributed by atoms with E-state index in [0.29, 0.717) is 12.1 Å². The molecule has 1 aliphatic carbocycles. The van der Waals surface area contributed by atoms with Crippen molar-refractivity contribution < 1.29 is 4.39 Å². The molecular formula is C14H21FIN3. The molecule has 0 saturated heterocycles. The third-order valence-corrected chi connectivity index (χ3v) is 2.96. The molecule has 2 N–H and O–H groups in total. The van der Waals surface area contributed by atoms with Gasteiger partial charge in [0.15, 0.2) is 5.96 Å². The highest BCUT2D eigenvalue weighted by molar-refractivity contribution is 14.0. The molecule has 0 heterocycles. The van der Waals surface area contributed by atoms with Gasteiger partial charge in [0.25, 0.3) is 0 Å². The van der Waals surface area contributed by atoms with Crippen LogP contribution in [0.5, 0.6) is 0 Å². The third kappa shape index (κ3) is 5.76. The van der Waals surface area contributed by atoms with Crippen molar-refractivity contribution in [2.45, 2.75) is 26.3 Å². The van der Waals surface area contributed by atoms with Crippen molar-refractivity contribution in [3.05, 3.63) is 35.6 Å². The normalized spacial score (nSPS) is 14.7. The lowest BCUT2D eigenvalue weighted by atomic mass is 10.2. The van der Waals surface area contributed by atoms with Gasteiger partial charge in [0, 0.05) is 18.7 Å². The second-order valence-electron chi connectivity index (χ2n) is 4.61. The summed E-state index contributed by atoms with van der Waals surface area (Å²) in [6, 6.07) is 6.76. The molecule has 19 heavy (non-hydrogen) atoms. The fourth-order valence-corrected chi connectivity index (χ4v) is 1.70. The van der Waals surface area contributed by atoms with E-state index in [1.807, 2.05) is 13.0 Å². The molecule has 106 valence electrons. The maximum atomic E-state index is 13.4. The summed E-state index contributed by atoms with van der Waals surface area (Å²) >= 11 is 0. The Bertz CT molecular complexity index is 419. The highest BCUT2D eigenvalue weighted by Crippen LogP contribution is 2.27. The lowest BCUT2D eigenvalue weighted by Gasteiger charge is -2.10. The van der Waals surface area contributed by atoms with Gasteiger partial charge in [0.2, 0.25) is 0 Å². The van der Waals surface area contributed by atoms with Crippen molar-refractivity contribution in [2.24, 2.45) is 10.9 Å². The molecule has 0 bridgehead atoms. The maximum Gasteiger partial charge on any atom is 0.191 e. The van der Waals surface area contributed by atoms with E-state index in [9.17, 15) is 4.39 Å². The zero-order chi connectivity index (χ0) is 12.8. The SMILES string of the molecule is CCNC(=NCc1ccccc1F)NCC1CC1.I. The zero-order valence-electron chi connectivity index (χ0n) is 11.2. The first kappa shape index (κ1) is 16.2. The number of nitrogens with one attached hydrogen (secondary N) is 2. The summed E-state index contributed by atoms with van der Waals surface area (Å²) in [5.74, 6) is 1.37. The van der Waals surface area contributed by atoms with Crippen LogP contribution in [0.4, 0.5) is 4.39 Å². The molecular weight excluding hydrogens is 356 g/mol. The molecule has 2 rings (SSSR count). The molecule has 0 spiro atoms. The summed E-state index contributed by atoms with van der Waals surface area (Å²) in [5, 5.41) is 6.46. The molecule has 3 nitrogen and oxygen atoms in total. The van der Waals surface area contributed by atoms with E-state index >= 15 is 0 Å². The number of rotatable bonds is 5. The number of aliphatic imine (C=N–C) groups is 1. The van der Waals surface area contributed by atoms with E-state index in [-0.39, 0.29) is 29.8 Å². The van der Waals surface area contributed by atoms with Crippen LogP contribution in [0.3, 0.4) is 0 Å². The van der Waals surface area contributed by atoms with Crippen molar-refractivity contribution in [3.63, 3.8) is 0 Å². The van der Waals surface area contributed by atoms with Crippen LogP contribution >= 0.6 is 24.0 Å². The number of nitrogens with zero attached hydrogens (tertiary/aromatic N) is 1. The van der Waals surface area contributed by atoms with E-state index in [1.54, 1.807) is 12.1 Å². The van der Waals surface area contributed by atoms with Crippen LogP contribution in [-0.4, -0.2) is 19.0 Å². The van der Waals surface area contributed by atoms with Crippen LogP contribution in [0.25, 0.3) is 0 Å². The van der Waals surface area contributed by atoms with Gasteiger partial charge in [0.1, 0.15) is 5.82 Å². The Morgan fingerprint density at radius 3 is 2.68 bits per heavy atom. The van der Waals surface area contributed by atoms with Crippen LogP contribution in [0.1, 0.15) is 25.3 Å². The Kier molecular flexibility index (Phi) is 7.12. The van der Waals surface area contributed by atoms with Crippen LogP contribution in [0, 0.1) is 11.7 Å². The molecule has 1 fully saturated rings. The van der Waals surface area contributed by atoms with Gasteiger partial charge in [-0.1, -0.05) is 18.2 Å². The second-order valence-corrected chi connectivity index (χ2v) is 4.61. The summed E-state index contributed by atoms with van der Waals surface area (Å²) in [4.78, 5) is 4.40. The minimum Gasteiger partial charge on any atom is -0.357 e. The number of hydrogen-bond acceptors (Lipinski definition) is 1.